The molecule has 0 aromatic carbocycles. The van der Waals surface area contributed by atoms with Crippen molar-refractivity contribution >= 4 is 17.9 Å². The van der Waals surface area contributed by atoms with Gasteiger partial charge in [0.05, 0.1) is 12.5 Å². The lowest BCUT2D eigenvalue weighted by Crippen LogP contribution is -2.59. The zero-order valence-corrected chi connectivity index (χ0v) is 22.2. The van der Waals surface area contributed by atoms with E-state index < -0.39 is 42.0 Å². The van der Waals surface area contributed by atoms with Gasteiger partial charge in [0.25, 0.3) is 0 Å². The van der Waals surface area contributed by atoms with Gasteiger partial charge in [0, 0.05) is 0 Å². The summed E-state index contributed by atoms with van der Waals surface area (Å²) in [6, 6.07) is 0. The van der Waals surface area contributed by atoms with E-state index in [1.807, 2.05) is 0 Å². The van der Waals surface area contributed by atoms with E-state index in [1.165, 1.54) is 89.9 Å². The highest BCUT2D eigenvalue weighted by atomic mass is 16.4. The molecule has 0 aliphatic heterocycles. The molecule has 35 heavy (non-hydrogen) atoms. The predicted molar refractivity (Wildman–Crippen MR) is 138 cm³/mol. The van der Waals surface area contributed by atoms with Gasteiger partial charge in [-0.1, -0.05) is 103 Å². The first kappa shape index (κ1) is 33.1. The van der Waals surface area contributed by atoms with Crippen LogP contribution in [0.25, 0.3) is 0 Å². The average molecular weight is 498 g/mol. The zero-order chi connectivity index (χ0) is 26.2. The predicted octanol–water partition coefficient (Wildman–Crippen LogP) is 5.32. The average Bonchev–Trinajstić information content (AvgIpc) is 2.76. The van der Waals surface area contributed by atoms with Gasteiger partial charge in [0.2, 0.25) is 0 Å². The fourth-order valence-corrected chi connectivity index (χ4v) is 4.64. The molecule has 0 amide bonds. The molecule has 204 valence electrons. The lowest BCUT2D eigenvalue weighted by molar-refractivity contribution is -0.909. The van der Waals surface area contributed by atoms with Crippen LogP contribution in [0.5, 0.6) is 0 Å². The summed E-state index contributed by atoms with van der Waals surface area (Å²) in [5, 5.41) is 29.3. The highest BCUT2D eigenvalue weighted by Gasteiger charge is 2.33. The Hall–Kier alpha value is -1.89. The maximum absolute atomic E-state index is 11.2. The molecular formula is C28H51NO6. The summed E-state index contributed by atoms with van der Waals surface area (Å²) in [5.74, 6) is -3.81. The highest BCUT2D eigenvalue weighted by Crippen LogP contribution is 2.15. The molecule has 0 spiro atoms. The molecule has 7 nitrogen and oxygen atoms in total. The summed E-state index contributed by atoms with van der Waals surface area (Å²) in [7, 11) is 0. The molecule has 7 heteroatoms. The van der Waals surface area contributed by atoms with Crippen molar-refractivity contribution in [3.05, 3.63) is 12.2 Å². The third kappa shape index (κ3) is 22.3. The first-order chi connectivity index (χ1) is 16.8. The molecule has 0 aliphatic carbocycles. The van der Waals surface area contributed by atoms with Gasteiger partial charge in [-0.2, -0.15) is 0 Å². The van der Waals surface area contributed by atoms with Crippen LogP contribution in [0.15, 0.2) is 12.2 Å². The lowest BCUT2D eigenvalue weighted by Gasteiger charge is -2.36. The van der Waals surface area contributed by atoms with E-state index in [9.17, 15) is 19.5 Å². The number of carboxylic acids is 3. The topological polar surface area (TPSA) is 115 Å². The molecule has 0 radical (unpaired) electrons. The van der Waals surface area contributed by atoms with Crippen molar-refractivity contribution in [3.63, 3.8) is 0 Å². The van der Waals surface area contributed by atoms with Crippen molar-refractivity contribution in [1.82, 2.24) is 0 Å². The van der Waals surface area contributed by atoms with Gasteiger partial charge in [-0.05, 0) is 32.1 Å². The molecule has 0 rings (SSSR count). The van der Waals surface area contributed by atoms with Crippen molar-refractivity contribution in [2.45, 2.75) is 122 Å². The quantitative estimate of drug-likeness (QED) is 0.0949. The fourth-order valence-electron chi connectivity index (χ4n) is 4.64. The number of rotatable bonds is 26. The number of carboxylic acid groups (broad SMARTS) is 3. The second kappa shape index (κ2) is 22.6. The van der Waals surface area contributed by atoms with E-state index in [0.29, 0.717) is 6.42 Å². The molecule has 0 bridgehead atoms. The van der Waals surface area contributed by atoms with Crippen LogP contribution in [0, 0.1) is 0 Å². The Kier molecular flexibility index (Phi) is 21.3. The molecule has 0 aliphatic rings. The van der Waals surface area contributed by atoms with Crippen molar-refractivity contribution in [2.75, 3.05) is 26.2 Å². The van der Waals surface area contributed by atoms with Crippen LogP contribution in [-0.2, 0) is 14.4 Å². The van der Waals surface area contributed by atoms with Crippen LogP contribution in [-0.4, -0.2) is 58.8 Å². The molecule has 0 aromatic heterocycles. The molecule has 0 saturated carbocycles. The van der Waals surface area contributed by atoms with Gasteiger partial charge in [0.15, 0.2) is 13.1 Å². The fraction of sp³-hybridized carbons (Fsp3) is 0.821. The van der Waals surface area contributed by atoms with Crippen LogP contribution < -0.4 is 5.11 Å². The molecule has 0 atom stereocenters. The number of carbonyl (C=O) groups excluding carboxylic acids is 1. The number of quaternary nitrogens is 1. The SMILES string of the molecule is CCCC/C=C/CCCCCCCCCCCCCCCC[N+](CC(=O)[O-])(CC(=O)O)CC(=O)O. The molecule has 0 heterocycles. The maximum Gasteiger partial charge on any atom is 0.359 e. The first-order valence-corrected chi connectivity index (χ1v) is 13.9. The first-order valence-electron chi connectivity index (χ1n) is 13.9. The maximum atomic E-state index is 11.2. The molecule has 0 fully saturated rings. The van der Waals surface area contributed by atoms with Crippen LogP contribution in [0.3, 0.4) is 0 Å². The summed E-state index contributed by atoms with van der Waals surface area (Å²) in [6.07, 6.45) is 26.3. The van der Waals surface area contributed by atoms with Crippen LogP contribution in [0.1, 0.15) is 122 Å². The number of allylic oxidation sites excluding steroid dienone is 2. The van der Waals surface area contributed by atoms with E-state index in [1.54, 1.807) is 0 Å². The summed E-state index contributed by atoms with van der Waals surface area (Å²) in [6.45, 7) is 0.832. The highest BCUT2D eigenvalue weighted by molar-refractivity contribution is 5.72. The Labute approximate surface area is 213 Å². The van der Waals surface area contributed by atoms with Crippen molar-refractivity contribution in [2.24, 2.45) is 0 Å². The normalized spacial score (nSPS) is 11.8. The van der Waals surface area contributed by atoms with Crippen molar-refractivity contribution in [1.29, 1.82) is 0 Å². The second-order valence-electron chi connectivity index (χ2n) is 10.1. The molecule has 0 unspecified atom stereocenters. The molecular weight excluding hydrogens is 446 g/mol. The monoisotopic (exact) mass is 497 g/mol. The summed E-state index contributed by atoms with van der Waals surface area (Å²) < 4.78 is -0.497. The van der Waals surface area contributed by atoms with Gasteiger partial charge >= 0.3 is 11.9 Å². The van der Waals surface area contributed by atoms with E-state index in [0.717, 1.165) is 19.3 Å². The summed E-state index contributed by atoms with van der Waals surface area (Å²) in [4.78, 5) is 33.4. The number of hydrogen-bond donors (Lipinski definition) is 2. The third-order valence-corrected chi connectivity index (χ3v) is 6.55. The number of nitrogens with zero attached hydrogens (tertiary/aromatic N) is 1. The minimum Gasteiger partial charge on any atom is -0.544 e. The number of carbonyl (C=O) groups is 3. The van der Waals surface area contributed by atoms with E-state index in [-0.39, 0.29) is 6.54 Å². The summed E-state index contributed by atoms with van der Waals surface area (Å²) in [5.41, 5.74) is 0. The molecule has 0 saturated heterocycles. The minimum absolute atomic E-state index is 0.224. The standard InChI is InChI=1S/C28H51NO6/c1-2-3-4-5-6-7-8-9-10-11-12-13-14-15-16-17-18-19-20-21-22-29(23-26(30)31,24-27(32)33)25-28(34)35/h5-6H,2-4,7-25H2,1H3,(H2-,30,31,32,33,34,35)/b6-5+. The van der Waals surface area contributed by atoms with Crippen LogP contribution in [0.2, 0.25) is 0 Å². The van der Waals surface area contributed by atoms with E-state index in [2.05, 4.69) is 19.1 Å². The smallest absolute Gasteiger partial charge is 0.359 e. The number of hydrogen-bond acceptors (Lipinski definition) is 4. The minimum atomic E-state index is -1.42. The van der Waals surface area contributed by atoms with Crippen molar-refractivity contribution < 1.29 is 34.2 Å². The van der Waals surface area contributed by atoms with E-state index in [4.69, 9.17) is 10.2 Å². The zero-order valence-electron chi connectivity index (χ0n) is 22.2. The van der Waals surface area contributed by atoms with Gasteiger partial charge in [-0.15, -0.1) is 0 Å². The third-order valence-electron chi connectivity index (χ3n) is 6.55. The van der Waals surface area contributed by atoms with E-state index >= 15 is 0 Å². The van der Waals surface area contributed by atoms with Gasteiger partial charge < -0.3 is 24.6 Å². The van der Waals surface area contributed by atoms with Crippen LogP contribution in [0.4, 0.5) is 0 Å². The molecule has 0 aromatic rings. The van der Waals surface area contributed by atoms with Crippen molar-refractivity contribution in [3.8, 4) is 0 Å². The molecule has 2 N–H and O–H groups in total. The van der Waals surface area contributed by atoms with Crippen LogP contribution >= 0.6 is 0 Å². The Morgan fingerprint density at radius 2 is 0.971 bits per heavy atom. The second-order valence-corrected chi connectivity index (χ2v) is 10.1. The number of aliphatic carboxylic acids is 3. The summed E-state index contributed by atoms with van der Waals surface area (Å²) >= 11 is 0. The van der Waals surface area contributed by atoms with Gasteiger partial charge in [-0.25, -0.2) is 9.59 Å². The van der Waals surface area contributed by atoms with Gasteiger partial charge in [-0.3, -0.25) is 0 Å². The lowest BCUT2D eigenvalue weighted by atomic mass is 10.0. The Morgan fingerprint density at radius 3 is 1.34 bits per heavy atom. The Morgan fingerprint density at radius 1 is 0.600 bits per heavy atom. The number of unbranched alkanes of at least 4 members (excludes halogenated alkanes) is 16. The Balaban J connectivity index is 3.69. The van der Waals surface area contributed by atoms with Gasteiger partial charge in [0.1, 0.15) is 6.54 Å². The largest absolute Gasteiger partial charge is 0.544 e. The Bertz CT molecular complexity index is 549.